The standard InChI is InChI=1S/C12H18N2O4/c1-10(15)14(7-9-17-2)6-5-13-12(16)11-4-3-8-18-11/h3-4,8H,5-7,9H2,1-2H3,(H,13,16). The van der Waals surface area contributed by atoms with Crippen LogP contribution in [-0.2, 0) is 9.53 Å². The summed E-state index contributed by atoms with van der Waals surface area (Å²) in [5, 5.41) is 2.68. The molecule has 0 fully saturated rings. The van der Waals surface area contributed by atoms with Crippen LogP contribution in [0.3, 0.4) is 0 Å². The zero-order chi connectivity index (χ0) is 13.4. The molecule has 100 valence electrons. The van der Waals surface area contributed by atoms with Crippen LogP contribution in [0.5, 0.6) is 0 Å². The summed E-state index contributed by atoms with van der Waals surface area (Å²) in [6.07, 6.45) is 1.44. The molecule has 0 bridgehead atoms. The summed E-state index contributed by atoms with van der Waals surface area (Å²) in [6.45, 7) is 3.31. The van der Waals surface area contributed by atoms with Crippen molar-refractivity contribution in [3.8, 4) is 0 Å². The van der Waals surface area contributed by atoms with Crippen LogP contribution in [0.15, 0.2) is 22.8 Å². The Hall–Kier alpha value is -1.82. The van der Waals surface area contributed by atoms with Gasteiger partial charge in [0, 0.05) is 33.7 Å². The first kappa shape index (κ1) is 14.2. The third-order valence-corrected chi connectivity index (χ3v) is 2.42. The monoisotopic (exact) mass is 254 g/mol. The Kier molecular flexibility index (Phi) is 5.93. The fourth-order valence-corrected chi connectivity index (χ4v) is 1.43. The van der Waals surface area contributed by atoms with Crippen LogP contribution in [0.4, 0.5) is 0 Å². The molecule has 0 saturated carbocycles. The molecular formula is C12H18N2O4. The lowest BCUT2D eigenvalue weighted by Gasteiger charge is -2.20. The Morgan fingerprint density at radius 1 is 1.44 bits per heavy atom. The second-order valence-electron chi connectivity index (χ2n) is 3.73. The summed E-state index contributed by atoms with van der Waals surface area (Å²) in [6, 6.07) is 3.23. The maximum atomic E-state index is 11.5. The van der Waals surface area contributed by atoms with Gasteiger partial charge in [0.15, 0.2) is 5.76 Å². The molecule has 0 unspecified atom stereocenters. The Morgan fingerprint density at radius 3 is 2.78 bits per heavy atom. The molecule has 0 aromatic carbocycles. The second-order valence-corrected chi connectivity index (χ2v) is 3.73. The van der Waals surface area contributed by atoms with Gasteiger partial charge in [-0.25, -0.2) is 0 Å². The zero-order valence-electron chi connectivity index (χ0n) is 10.6. The third-order valence-electron chi connectivity index (χ3n) is 2.42. The summed E-state index contributed by atoms with van der Waals surface area (Å²) in [7, 11) is 1.58. The number of methoxy groups -OCH3 is 1. The van der Waals surface area contributed by atoms with E-state index < -0.39 is 0 Å². The predicted molar refractivity (Wildman–Crippen MR) is 65.2 cm³/mol. The minimum atomic E-state index is -0.282. The van der Waals surface area contributed by atoms with Gasteiger partial charge in [-0.1, -0.05) is 0 Å². The number of amides is 2. The molecule has 1 aromatic rings. The van der Waals surface area contributed by atoms with Gasteiger partial charge in [0.1, 0.15) is 0 Å². The number of hydrogen-bond donors (Lipinski definition) is 1. The van der Waals surface area contributed by atoms with Crippen molar-refractivity contribution in [2.75, 3.05) is 33.4 Å². The van der Waals surface area contributed by atoms with Gasteiger partial charge < -0.3 is 19.4 Å². The van der Waals surface area contributed by atoms with Crippen molar-refractivity contribution in [2.45, 2.75) is 6.92 Å². The van der Waals surface area contributed by atoms with E-state index in [9.17, 15) is 9.59 Å². The number of hydrogen-bond acceptors (Lipinski definition) is 4. The highest BCUT2D eigenvalue weighted by Gasteiger charge is 2.10. The third kappa shape index (κ3) is 4.58. The number of carbonyl (C=O) groups excluding carboxylic acids is 2. The van der Waals surface area contributed by atoms with E-state index in [4.69, 9.17) is 9.15 Å². The molecule has 6 heteroatoms. The molecule has 18 heavy (non-hydrogen) atoms. The molecule has 1 heterocycles. The van der Waals surface area contributed by atoms with Crippen LogP contribution in [0.1, 0.15) is 17.5 Å². The Morgan fingerprint density at radius 2 is 2.22 bits per heavy atom. The minimum absolute atomic E-state index is 0.0423. The first-order valence-corrected chi connectivity index (χ1v) is 5.71. The van der Waals surface area contributed by atoms with E-state index in [1.807, 2.05) is 0 Å². The zero-order valence-corrected chi connectivity index (χ0v) is 10.6. The Bertz CT molecular complexity index is 375. The molecule has 0 spiro atoms. The lowest BCUT2D eigenvalue weighted by atomic mass is 10.4. The number of carbonyl (C=O) groups is 2. The molecule has 1 rings (SSSR count). The highest BCUT2D eigenvalue weighted by Crippen LogP contribution is 1.98. The molecule has 0 aliphatic heterocycles. The van der Waals surface area contributed by atoms with Gasteiger partial charge in [-0.15, -0.1) is 0 Å². The summed E-state index contributed by atoms with van der Waals surface area (Å²) < 4.78 is 9.87. The smallest absolute Gasteiger partial charge is 0.287 e. The molecule has 0 atom stereocenters. The quantitative estimate of drug-likeness (QED) is 0.769. The molecular weight excluding hydrogens is 236 g/mol. The number of nitrogens with one attached hydrogen (secondary N) is 1. The van der Waals surface area contributed by atoms with Crippen LogP contribution in [0, 0.1) is 0 Å². The van der Waals surface area contributed by atoms with E-state index in [1.54, 1.807) is 24.1 Å². The maximum absolute atomic E-state index is 11.5. The van der Waals surface area contributed by atoms with Crippen molar-refractivity contribution in [2.24, 2.45) is 0 Å². The van der Waals surface area contributed by atoms with E-state index in [0.29, 0.717) is 26.2 Å². The molecule has 0 radical (unpaired) electrons. The van der Waals surface area contributed by atoms with Crippen molar-refractivity contribution < 1.29 is 18.7 Å². The predicted octanol–water partition coefficient (Wildman–Crippen LogP) is 0.504. The van der Waals surface area contributed by atoms with Gasteiger partial charge in [0.25, 0.3) is 5.91 Å². The molecule has 0 saturated heterocycles. The maximum Gasteiger partial charge on any atom is 0.287 e. The lowest BCUT2D eigenvalue weighted by molar-refractivity contribution is -0.129. The average Bonchev–Trinajstić information content (AvgIpc) is 2.86. The van der Waals surface area contributed by atoms with Gasteiger partial charge in [0.05, 0.1) is 12.9 Å². The summed E-state index contributed by atoms with van der Waals surface area (Å²) >= 11 is 0. The molecule has 2 amide bonds. The summed E-state index contributed by atoms with van der Waals surface area (Å²) in [5.41, 5.74) is 0. The van der Waals surface area contributed by atoms with Crippen LogP contribution in [0.25, 0.3) is 0 Å². The van der Waals surface area contributed by atoms with E-state index in [-0.39, 0.29) is 17.6 Å². The van der Waals surface area contributed by atoms with Gasteiger partial charge in [-0.3, -0.25) is 9.59 Å². The van der Waals surface area contributed by atoms with Crippen LogP contribution >= 0.6 is 0 Å². The second kappa shape index (κ2) is 7.50. The van der Waals surface area contributed by atoms with E-state index >= 15 is 0 Å². The van der Waals surface area contributed by atoms with Gasteiger partial charge in [-0.05, 0) is 12.1 Å². The van der Waals surface area contributed by atoms with Crippen molar-refractivity contribution in [3.05, 3.63) is 24.2 Å². The lowest BCUT2D eigenvalue weighted by Crippen LogP contribution is -2.39. The Labute approximate surface area is 106 Å². The SMILES string of the molecule is COCCN(CCNC(=O)c1ccco1)C(C)=O. The van der Waals surface area contributed by atoms with E-state index in [2.05, 4.69) is 5.32 Å². The molecule has 0 aliphatic rings. The highest BCUT2D eigenvalue weighted by molar-refractivity contribution is 5.91. The molecule has 6 nitrogen and oxygen atoms in total. The van der Waals surface area contributed by atoms with Crippen molar-refractivity contribution >= 4 is 11.8 Å². The van der Waals surface area contributed by atoms with E-state index in [0.717, 1.165) is 0 Å². The van der Waals surface area contributed by atoms with Crippen molar-refractivity contribution in [3.63, 3.8) is 0 Å². The van der Waals surface area contributed by atoms with Gasteiger partial charge in [-0.2, -0.15) is 0 Å². The van der Waals surface area contributed by atoms with Crippen molar-refractivity contribution in [1.29, 1.82) is 0 Å². The number of furan rings is 1. The first-order valence-electron chi connectivity index (χ1n) is 5.71. The summed E-state index contributed by atoms with van der Waals surface area (Å²) in [4.78, 5) is 24.4. The number of rotatable bonds is 7. The molecule has 1 N–H and O–H groups in total. The number of nitrogens with zero attached hydrogens (tertiary/aromatic N) is 1. The molecule has 0 aliphatic carbocycles. The largest absolute Gasteiger partial charge is 0.459 e. The van der Waals surface area contributed by atoms with Crippen LogP contribution < -0.4 is 5.32 Å². The van der Waals surface area contributed by atoms with Crippen LogP contribution in [0.2, 0.25) is 0 Å². The fraction of sp³-hybridized carbons (Fsp3) is 0.500. The van der Waals surface area contributed by atoms with Gasteiger partial charge >= 0.3 is 0 Å². The minimum Gasteiger partial charge on any atom is -0.459 e. The van der Waals surface area contributed by atoms with E-state index in [1.165, 1.54) is 13.2 Å². The molecule has 1 aromatic heterocycles. The van der Waals surface area contributed by atoms with Crippen LogP contribution in [-0.4, -0.2) is 50.1 Å². The number of ether oxygens (including phenoxy) is 1. The topological polar surface area (TPSA) is 71.8 Å². The highest BCUT2D eigenvalue weighted by atomic mass is 16.5. The fourth-order valence-electron chi connectivity index (χ4n) is 1.43. The normalized spacial score (nSPS) is 10.1. The van der Waals surface area contributed by atoms with Crippen molar-refractivity contribution in [1.82, 2.24) is 10.2 Å². The van der Waals surface area contributed by atoms with Gasteiger partial charge in [0.2, 0.25) is 5.91 Å². The Balaban J connectivity index is 2.30. The average molecular weight is 254 g/mol. The first-order chi connectivity index (χ1) is 8.65. The summed E-state index contributed by atoms with van der Waals surface area (Å²) in [5.74, 6) is -0.0594.